The Balaban J connectivity index is 2.25. The SMILES string of the molecule is CC(C)(C)[S@@+]([O-])NCCCc1cccc(Br)n1. The van der Waals surface area contributed by atoms with Crippen molar-refractivity contribution in [2.75, 3.05) is 6.54 Å². The van der Waals surface area contributed by atoms with Gasteiger partial charge in [0, 0.05) is 23.6 Å². The molecule has 96 valence electrons. The second-order valence-corrected chi connectivity index (χ2v) is 7.69. The summed E-state index contributed by atoms with van der Waals surface area (Å²) < 4.78 is 15.4. The van der Waals surface area contributed by atoms with E-state index in [1.54, 1.807) is 0 Å². The molecule has 1 aromatic rings. The molecule has 0 aliphatic carbocycles. The lowest BCUT2D eigenvalue weighted by atomic mass is 10.2. The summed E-state index contributed by atoms with van der Waals surface area (Å²) in [5, 5.41) is 0. The van der Waals surface area contributed by atoms with Gasteiger partial charge in [-0.2, -0.15) is 0 Å². The van der Waals surface area contributed by atoms with Gasteiger partial charge in [0.1, 0.15) is 9.35 Å². The average Bonchev–Trinajstić information content (AvgIpc) is 2.23. The molecule has 1 N–H and O–H groups in total. The first-order chi connectivity index (χ1) is 7.89. The van der Waals surface area contributed by atoms with Crippen molar-refractivity contribution in [1.82, 2.24) is 9.71 Å². The van der Waals surface area contributed by atoms with E-state index < -0.39 is 11.4 Å². The average molecular weight is 319 g/mol. The van der Waals surface area contributed by atoms with E-state index >= 15 is 0 Å². The normalized spacial score (nSPS) is 13.7. The summed E-state index contributed by atoms with van der Waals surface area (Å²) in [5.74, 6) is 0. The highest BCUT2D eigenvalue weighted by molar-refractivity contribution is 9.10. The number of halogens is 1. The zero-order chi connectivity index (χ0) is 12.9. The summed E-state index contributed by atoms with van der Waals surface area (Å²) in [7, 11) is 0. The van der Waals surface area contributed by atoms with Gasteiger partial charge < -0.3 is 4.55 Å². The second kappa shape index (κ2) is 6.73. The lowest BCUT2D eigenvalue weighted by Gasteiger charge is -2.23. The maximum Gasteiger partial charge on any atom is 0.136 e. The first-order valence-electron chi connectivity index (χ1n) is 5.66. The van der Waals surface area contributed by atoms with E-state index in [1.165, 1.54) is 0 Å². The third-order valence-electron chi connectivity index (χ3n) is 2.17. The number of aryl methyl sites for hydroxylation is 1. The molecule has 1 aromatic heterocycles. The van der Waals surface area contributed by atoms with Crippen LogP contribution in [0.3, 0.4) is 0 Å². The molecule has 0 amide bonds. The maximum absolute atomic E-state index is 11.7. The Morgan fingerprint density at radius 1 is 1.41 bits per heavy atom. The smallest absolute Gasteiger partial charge is 0.136 e. The number of nitrogens with one attached hydrogen (secondary N) is 1. The molecule has 0 aliphatic rings. The molecule has 0 aliphatic heterocycles. The van der Waals surface area contributed by atoms with Crippen molar-refractivity contribution in [3.63, 3.8) is 0 Å². The van der Waals surface area contributed by atoms with Crippen molar-refractivity contribution in [3.8, 4) is 0 Å². The van der Waals surface area contributed by atoms with Crippen LogP contribution in [0.2, 0.25) is 0 Å². The van der Waals surface area contributed by atoms with Crippen molar-refractivity contribution in [1.29, 1.82) is 0 Å². The van der Waals surface area contributed by atoms with E-state index in [4.69, 9.17) is 0 Å². The second-order valence-electron chi connectivity index (χ2n) is 4.83. The molecule has 0 saturated carbocycles. The van der Waals surface area contributed by atoms with Crippen molar-refractivity contribution in [2.24, 2.45) is 0 Å². The van der Waals surface area contributed by atoms with Gasteiger partial charge in [-0.25, -0.2) is 4.98 Å². The Labute approximate surface area is 115 Å². The minimum atomic E-state index is -0.979. The fraction of sp³-hybridized carbons (Fsp3) is 0.583. The minimum absolute atomic E-state index is 0.200. The highest BCUT2D eigenvalue weighted by Gasteiger charge is 2.25. The van der Waals surface area contributed by atoms with Crippen LogP contribution in [-0.4, -0.2) is 20.8 Å². The zero-order valence-electron chi connectivity index (χ0n) is 10.5. The molecular weight excluding hydrogens is 300 g/mol. The Morgan fingerprint density at radius 3 is 2.71 bits per heavy atom. The van der Waals surface area contributed by atoms with Gasteiger partial charge >= 0.3 is 0 Å². The molecule has 0 spiro atoms. The van der Waals surface area contributed by atoms with Gasteiger partial charge in [0.05, 0.1) is 0 Å². The highest BCUT2D eigenvalue weighted by atomic mass is 79.9. The van der Waals surface area contributed by atoms with Gasteiger partial charge in [0.25, 0.3) is 0 Å². The molecule has 0 fully saturated rings. The van der Waals surface area contributed by atoms with E-state index in [-0.39, 0.29) is 4.75 Å². The van der Waals surface area contributed by atoms with Crippen LogP contribution in [0.4, 0.5) is 0 Å². The molecule has 3 nitrogen and oxygen atoms in total. The highest BCUT2D eigenvalue weighted by Crippen LogP contribution is 2.13. The quantitative estimate of drug-likeness (QED) is 0.516. The molecule has 0 saturated heterocycles. The molecule has 0 radical (unpaired) electrons. The van der Waals surface area contributed by atoms with Crippen LogP contribution in [0.15, 0.2) is 22.8 Å². The molecule has 1 heterocycles. The number of aromatic nitrogens is 1. The fourth-order valence-corrected chi connectivity index (χ4v) is 2.38. The zero-order valence-corrected chi connectivity index (χ0v) is 12.9. The van der Waals surface area contributed by atoms with Crippen molar-refractivity contribution >= 4 is 27.3 Å². The topological polar surface area (TPSA) is 48.0 Å². The van der Waals surface area contributed by atoms with Crippen LogP contribution in [0, 0.1) is 0 Å². The molecule has 0 aromatic carbocycles. The van der Waals surface area contributed by atoms with Crippen molar-refractivity contribution in [2.45, 2.75) is 38.4 Å². The number of nitrogens with zero attached hydrogens (tertiary/aromatic N) is 1. The summed E-state index contributed by atoms with van der Waals surface area (Å²) in [6, 6.07) is 5.90. The predicted octanol–water partition coefficient (Wildman–Crippen LogP) is 2.83. The Hall–Kier alpha value is -0.100. The van der Waals surface area contributed by atoms with E-state index in [2.05, 4.69) is 25.6 Å². The lowest BCUT2D eigenvalue weighted by Crippen LogP contribution is -2.39. The summed E-state index contributed by atoms with van der Waals surface area (Å²) in [5.41, 5.74) is 1.06. The first kappa shape index (κ1) is 15.0. The summed E-state index contributed by atoms with van der Waals surface area (Å²) in [6.07, 6.45) is 1.83. The number of hydrogen-bond donors (Lipinski definition) is 1. The summed E-state index contributed by atoms with van der Waals surface area (Å²) >= 11 is 2.37. The van der Waals surface area contributed by atoms with E-state index in [0.717, 1.165) is 29.7 Å². The van der Waals surface area contributed by atoms with Crippen LogP contribution in [-0.2, 0) is 17.8 Å². The third-order valence-corrected chi connectivity index (χ3v) is 4.19. The Bertz CT molecular complexity index is 355. The molecule has 0 bridgehead atoms. The Morgan fingerprint density at radius 2 is 2.12 bits per heavy atom. The van der Waals surface area contributed by atoms with Gasteiger partial charge in [-0.15, -0.1) is 4.72 Å². The summed E-state index contributed by atoms with van der Waals surface area (Å²) in [4.78, 5) is 4.35. The maximum atomic E-state index is 11.7. The molecule has 5 heteroatoms. The number of hydrogen-bond acceptors (Lipinski definition) is 3. The molecule has 1 rings (SSSR count). The van der Waals surface area contributed by atoms with Crippen LogP contribution in [0.1, 0.15) is 32.9 Å². The van der Waals surface area contributed by atoms with Crippen LogP contribution < -0.4 is 4.72 Å². The van der Waals surface area contributed by atoms with Gasteiger partial charge in [0.2, 0.25) is 0 Å². The summed E-state index contributed by atoms with van der Waals surface area (Å²) in [6.45, 7) is 6.64. The fourth-order valence-electron chi connectivity index (χ4n) is 1.24. The number of pyridine rings is 1. The van der Waals surface area contributed by atoms with Crippen LogP contribution >= 0.6 is 15.9 Å². The standard InChI is InChI=1S/C12H19BrN2OS/c1-12(2,3)17(16)14-9-5-7-10-6-4-8-11(13)15-10/h4,6,8,14H,5,7,9H2,1-3H3/t17-/m1/s1. The van der Waals surface area contributed by atoms with Crippen LogP contribution in [0.5, 0.6) is 0 Å². The van der Waals surface area contributed by atoms with Gasteiger partial charge in [-0.1, -0.05) is 6.07 Å². The third kappa shape index (κ3) is 5.86. The predicted molar refractivity (Wildman–Crippen MR) is 76.2 cm³/mol. The molecule has 1 atom stereocenters. The van der Waals surface area contributed by atoms with Crippen molar-refractivity contribution < 1.29 is 4.55 Å². The lowest BCUT2D eigenvalue weighted by molar-refractivity contribution is 0.542. The van der Waals surface area contributed by atoms with E-state index in [1.807, 2.05) is 39.0 Å². The molecule has 17 heavy (non-hydrogen) atoms. The first-order valence-corrected chi connectivity index (χ1v) is 7.61. The van der Waals surface area contributed by atoms with Crippen LogP contribution in [0.25, 0.3) is 0 Å². The van der Waals surface area contributed by atoms with Crippen molar-refractivity contribution in [3.05, 3.63) is 28.5 Å². The molecule has 0 unspecified atom stereocenters. The Kier molecular flexibility index (Phi) is 5.92. The monoisotopic (exact) mass is 318 g/mol. The van der Waals surface area contributed by atoms with Gasteiger partial charge in [-0.3, -0.25) is 0 Å². The van der Waals surface area contributed by atoms with E-state index in [0.29, 0.717) is 0 Å². The van der Waals surface area contributed by atoms with Gasteiger partial charge in [0.15, 0.2) is 0 Å². The number of rotatable bonds is 5. The molecular formula is C12H19BrN2OS. The van der Waals surface area contributed by atoms with E-state index in [9.17, 15) is 4.55 Å². The largest absolute Gasteiger partial charge is 0.598 e. The minimum Gasteiger partial charge on any atom is -0.598 e. The van der Waals surface area contributed by atoms with Gasteiger partial charge in [-0.05, 0) is 61.7 Å².